The van der Waals surface area contributed by atoms with Crippen LogP contribution < -0.4 is 5.32 Å². The van der Waals surface area contributed by atoms with E-state index >= 15 is 0 Å². The summed E-state index contributed by atoms with van der Waals surface area (Å²) in [5.41, 5.74) is 2.05. The first-order valence-electron chi connectivity index (χ1n) is 9.55. The molecular formula is C21H30N2O2. The number of amides is 2. The molecule has 2 amide bonds. The first-order valence-corrected chi connectivity index (χ1v) is 9.55. The first kappa shape index (κ1) is 18.0. The topological polar surface area (TPSA) is 49.4 Å². The second-order valence-electron chi connectivity index (χ2n) is 8.51. The lowest BCUT2D eigenvalue weighted by molar-refractivity contribution is -0.140. The number of rotatable bonds is 3. The maximum atomic E-state index is 12.7. The van der Waals surface area contributed by atoms with Crippen molar-refractivity contribution in [1.29, 1.82) is 0 Å². The molecule has 2 fully saturated rings. The molecule has 1 saturated carbocycles. The molecule has 0 radical (unpaired) electrons. The number of nitrogens with one attached hydrogen (secondary N) is 1. The van der Waals surface area contributed by atoms with Crippen LogP contribution in [0.3, 0.4) is 0 Å². The molecule has 1 aromatic carbocycles. The van der Waals surface area contributed by atoms with Crippen LogP contribution in [0.15, 0.2) is 24.3 Å². The van der Waals surface area contributed by atoms with Gasteiger partial charge in [-0.05, 0) is 42.7 Å². The summed E-state index contributed by atoms with van der Waals surface area (Å²) >= 11 is 0. The van der Waals surface area contributed by atoms with Gasteiger partial charge in [0.25, 0.3) is 0 Å². The van der Waals surface area contributed by atoms with Gasteiger partial charge in [0.05, 0.1) is 0 Å². The summed E-state index contributed by atoms with van der Waals surface area (Å²) in [6.45, 7) is 7.90. The highest BCUT2D eigenvalue weighted by molar-refractivity contribution is 5.93. The second kappa shape index (κ2) is 7.19. The average molecular weight is 342 g/mol. The van der Waals surface area contributed by atoms with Crippen molar-refractivity contribution in [3.05, 3.63) is 29.8 Å². The molecule has 136 valence electrons. The number of piperidine rings is 1. The van der Waals surface area contributed by atoms with Gasteiger partial charge in [0.15, 0.2) is 0 Å². The van der Waals surface area contributed by atoms with Crippen LogP contribution in [0.5, 0.6) is 0 Å². The number of benzene rings is 1. The number of anilines is 1. The monoisotopic (exact) mass is 342 g/mol. The van der Waals surface area contributed by atoms with Crippen molar-refractivity contribution >= 4 is 17.5 Å². The highest BCUT2D eigenvalue weighted by Gasteiger charge is 2.33. The fourth-order valence-corrected chi connectivity index (χ4v) is 3.76. The van der Waals surface area contributed by atoms with Crippen molar-refractivity contribution in [3.63, 3.8) is 0 Å². The van der Waals surface area contributed by atoms with Crippen LogP contribution >= 0.6 is 0 Å². The largest absolute Gasteiger partial charge is 0.342 e. The Bertz CT molecular complexity index is 636. The van der Waals surface area contributed by atoms with E-state index in [4.69, 9.17) is 0 Å². The average Bonchev–Trinajstić information content (AvgIpc) is 2.53. The van der Waals surface area contributed by atoms with E-state index in [0.717, 1.165) is 36.9 Å². The third kappa shape index (κ3) is 4.05. The Morgan fingerprint density at radius 2 is 1.64 bits per heavy atom. The zero-order valence-electron chi connectivity index (χ0n) is 15.7. The quantitative estimate of drug-likeness (QED) is 0.904. The van der Waals surface area contributed by atoms with Gasteiger partial charge in [0.2, 0.25) is 11.8 Å². The molecule has 1 heterocycles. The Labute approximate surface area is 151 Å². The molecular weight excluding hydrogens is 312 g/mol. The minimum absolute atomic E-state index is 0.00142. The van der Waals surface area contributed by atoms with Gasteiger partial charge in [-0.25, -0.2) is 0 Å². The lowest BCUT2D eigenvalue weighted by atomic mass is 9.83. The lowest BCUT2D eigenvalue weighted by Gasteiger charge is -2.36. The molecule has 0 aromatic heterocycles. The smallest absolute Gasteiger partial charge is 0.227 e. The number of carbonyl (C=O) groups is 2. The number of hydrogen-bond acceptors (Lipinski definition) is 2. The molecule has 0 atom stereocenters. The summed E-state index contributed by atoms with van der Waals surface area (Å²) in [5, 5.41) is 3.13. The van der Waals surface area contributed by atoms with Gasteiger partial charge in [-0.2, -0.15) is 0 Å². The molecule has 0 spiro atoms. The van der Waals surface area contributed by atoms with Crippen LogP contribution in [0.2, 0.25) is 0 Å². The number of likely N-dealkylation sites (tertiary alicyclic amines) is 1. The van der Waals surface area contributed by atoms with Crippen molar-refractivity contribution in [2.24, 2.45) is 11.8 Å². The van der Waals surface area contributed by atoms with Gasteiger partial charge in [0, 0.05) is 30.6 Å². The van der Waals surface area contributed by atoms with Crippen LogP contribution in [-0.2, 0) is 15.0 Å². The van der Waals surface area contributed by atoms with Crippen molar-refractivity contribution in [2.45, 2.75) is 58.3 Å². The minimum Gasteiger partial charge on any atom is -0.342 e. The highest BCUT2D eigenvalue weighted by Crippen LogP contribution is 2.32. The Morgan fingerprint density at radius 1 is 1.00 bits per heavy atom. The van der Waals surface area contributed by atoms with E-state index in [1.165, 1.54) is 6.42 Å². The molecule has 1 aromatic rings. The molecule has 1 aliphatic heterocycles. The Balaban J connectivity index is 1.58. The van der Waals surface area contributed by atoms with E-state index in [9.17, 15) is 9.59 Å². The van der Waals surface area contributed by atoms with Crippen molar-refractivity contribution in [2.75, 3.05) is 18.4 Å². The van der Waals surface area contributed by atoms with E-state index < -0.39 is 0 Å². The predicted octanol–water partition coefficient (Wildman–Crippen LogP) is 3.96. The summed E-state index contributed by atoms with van der Waals surface area (Å²) in [4.78, 5) is 27.0. The zero-order chi connectivity index (χ0) is 18.0. The molecule has 1 aliphatic carbocycles. The SMILES string of the molecule is CC(C)(C)c1ccccc1NC(=O)C1CCN(C(=O)C2CCC2)CC1. The Hall–Kier alpha value is -1.84. The van der Waals surface area contributed by atoms with Crippen molar-refractivity contribution in [3.8, 4) is 0 Å². The van der Waals surface area contributed by atoms with E-state index in [1.807, 2.05) is 23.1 Å². The standard InChI is InChI=1S/C21H30N2O2/c1-21(2,3)17-9-4-5-10-18(17)22-19(24)15-11-13-23(14-12-15)20(25)16-7-6-8-16/h4-5,9-10,15-16H,6-8,11-14H2,1-3H3,(H,22,24). The van der Waals surface area contributed by atoms with E-state index in [2.05, 4.69) is 32.2 Å². The summed E-state index contributed by atoms with van der Waals surface area (Å²) < 4.78 is 0. The van der Waals surface area contributed by atoms with Gasteiger partial charge >= 0.3 is 0 Å². The fourth-order valence-electron chi connectivity index (χ4n) is 3.76. The maximum absolute atomic E-state index is 12.7. The summed E-state index contributed by atoms with van der Waals surface area (Å²) in [6.07, 6.45) is 4.80. The minimum atomic E-state index is -0.0115. The van der Waals surface area contributed by atoms with Crippen molar-refractivity contribution in [1.82, 2.24) is 4.90 Å². The van der Waals surface area contributed by atoms with Crippen LogP contribution in [0.1, 0.15) is 58.4 Å². The van der Waals surface area contributed by atoms with Gasteiger partial charge in [0.1, 0.15) is 0 Å². The van der Waals surface area contributed by atoms with Gasteiger partial charge in [-0.1, -0.05) is 45.4 Å². The number of carbonyl (C=O) groups excluding carboxylic acids is 2. The van der Waals surface area contributed by atoms with Crippen LogP contribution in [0.4, 0.5) is 5.69 Å². The van der Waals surface area contributed by atoms with E-state index in [0.29, 0.717) is 19.0 Å². The van der Waals surface area contributed by atoms with E-state index in [-0.39, 0.29) is 23.2 Å². The number of para-hydroxylation sites is 1. The molecule has 2 aliphatic rings. The molecule has 25 heavy (non-hydrogen) atoms. The Morgan fingerprint density at radius 3 is 2.20 bits per heavy atom. The molecule has 3 rings (SSSR count). The second-order valence-corrected chi connectivity index (χ2v) is 8.51. The van der Waals surface area contributed by atoms with Crippen LogP contribution in [0, 0.1) is 11.8 Å². The normalized spacial score (nSPS) is 19.4. The van der Waals surface area contributed by atoms with Crippen molar-refractivity contribution < 1.29 is 9.59 Å². The molecule has 1 saturated heterocycles. The third-order valence-corrected chi connectivity index (χ3v) is 5.62. The fraction of sp³-hybridized carbons (Fsp3) is 0.619. The van der Waals surface area contributed by atoms with Gasteiger partial charge in [-0.3, -0.25) is 9.59 Å². The number of nitrogens with zero attached hydrogens (tertiary/aromatic N) is 1. The summed E-state index contributed by atoms with van der Waals surface area (Å²) in [7, 11) is 0. The van der Waals surface area contributed by atoms with Gasteiger partial charge < -0.3 is 10.2 Å². The van der Waals surface area contributed by atoms with E-state index in [1.54, 1.807) is 0 Å². The first-order chi connectivity index (χ1) is 11.9. The zero-order valence-corrected chi connectivity index (χ0v) is 15.7. The molecule has 0 unspecified atom stereocenters. The number of hydrogen-bond donors (Lipinski definition) is 1. The molecule has 0 bridgehead atoms. The van der Waals surface area contributed by atoms with Gasteiger partial charge in [-0.15, -0.1) is 0 Å². The third-order valence-electron chi connectivity index (χ3n) is 5.62. The summed E-state index contributed by atoms with van der Waals surface area (Å²) in [6, 6.07) is 8.04. The lowest BCUT2D eigenvalue weighted by Crippen LogP contribution is -2.45. The van der Waals surface area contributed by atoms with Crippen LogP contribution in [-0.4, -0.2) is 29.8 Å². The molecule has 4 nitrogen and oxygen atoms in total. The Kier molecular flexibility index (Phi) is 5.16. The summed E-state index contributed by atoms with van der Waals surface area (Å²) in [5.74, 6) is 0.651. The van der Waals surface area contributed by atoms with Crippen LogP contribution in [0.25, 0.3) is 0 Å². The highest BCUT2D eigenvalue weighted by atomic mass is 16.2. The molecule has 4 heteroatoms. The maximum Gasteiger partial charge on any atom is 0.227 e. The molecule has 1 N–H and O–H groups in total. The predicted molar refractivity (Wildman–Crippen MR) is 100 cm³/mol.